The number of hydrogen-bond donors (Lipinski definition) is 2. The van der Waals surface area contributed by atoms with Crippen molar-refractivity contribution in [3.63, 3.8) is 0 Å². The Kier molecular flexibility index (Phi) is 5.21. The molecule has 1 atom stereocenters. The molecule has 126 valence electrons. The highest BCUT2D eigenvalue weighted by atomic mass is 79.9. The van der Waals surface area contributed by atoms with Gasteiger partial charge >= 0.3 is 0 Å². The van der Waals surface area contributed by atoms with E-state index in [0.717, 1.165) is 46.1 Å². The fourth-order valence-corrected chi connectivity index (χ4v) is 3.23. The second-order valence-corrected chi connectivity index (χ2v) is 6.89. The Bertz CT molecular complexity index is 760. The zero-order valence-electron chi connectivity index (χ0n) is 13.5. The van der Waals surface area contributed by atoms with Crippen LogP contribution in [0.4, 0.5) is 5.69 Å². The second kappa shape index (κ2) is 7.36. The highest BCUT2D eigenvalue weighted by Crippen LogP contribution is 2.35. The van der Waals surface area contributed by atoms with Crippen LogP contribution in [-0.4, -0.2) is 17.6 Å². The van der Waals surface area contributed by atoms with Crippen LogP contribution in [0.5, 0.6) is 5.75 Å². The van der Waals surface area contributed by atoms with Crippen LogP contribution in [-0.2, 0) is 11.2 Å². The number of aliphatic hydroxyl groups excluding tert-OH is 1. The largest absolute Gasteiger partial charge is 0.483 e. The van der Waals surface area contributed by atoms with Gasteiger partial charge in [-0.2, -0.15) is 0 Å². The maximum Gasteiger partial charge on any atom is 0.262 e. The number of rotatable bonds is 4. The predicted octanol–water partition coefficient (Wildman–Crippen LogP) is 4.14. The van der Waals surface area contributed by atoms with Crippen LogP contribution in [0.25, 0.3) is 0 Å². The first-order valence-corrected chi connectivity index (χ1v) is 8.82. The lowest BCUT2D eigenvalue weighted by Crippen LogP contribution is -2.21. The second-order valence-electron chi connectivity index (χ2n) is 6.03. The van der Waals surface area contributed by atoms with Crippen LogP contribution in [0.1, 0.15) is 35.6 Å². The first-order valence-electron chi connectivity index (χ1n) is 8.03. The third-order valence-corrected chi connectivity index (χ3v) is 5.12. The lowest BCUT2D eigenvalue weighted by Gasteiger charge is -2.23. The topological polar surface area (TPSA) is 58.6 Å². The molecule has 0 saturated heterocycles. The molecule has 0 aliphatic heterocycles. The minimum atomic E-state index is -0.433. The Balaban J connectivity index is 1.64. The number of fused-ring (bicyclic) bond motifs is 1. The molecule has 1 aliphatic rings. The normalized spacial score (nSPS) is 16.4. The summed E-state index contributed by atoms with van der Waals surface area (Å²) in [4.78, 5) is 12.1. The average molecular weight is 390 g/mol. The zero-order chi connectivity index (χ0) is 17.1. The highest BCUT2D eigenvalue weighted by molar-refractivity contribution is 9.10. The molecule has 2 aromatic carbocycles. The number of carbonyl (C=O) groups excluding carboxylic acids is 1. The van der Waals surface area contributed by atoms with Gasteiger partial charge in [-0.25, -0.2) is 0 Å². The van der Waals surface area contributed by atoms with Crippen LogP contribution in [0.15, 0.2) is 40.9 Å². The quantitative estimate of drug-likeness (QED) is 0.825. The lowest BCUT2D eigenvalue weighted by molar-refractivity contribution is -0.118. The number of carbonyl (C=O) groups is 1. The summed E-state index contributed by atoms with van der Waals surface area (Å²) in [6.45, 7) is 1.92. The number of anilines is 1. The molecular weight excluding hydrogens is 370 g/mol. The number of ether oxygens (including phenoxy) is 1. The third-order valence-electron chi connectivity index (χ3n) is 4.23. The summed E-state index contributed by atoms with van der Waals surface area (Å²) >= 11 is 3.44. The molecule has 0 spiro atoms. The van der Waals surface area contributed by atoms with E-state index in [0.29, 0.717) is 5.75 Å². The highest BCUT2D eigenvalue weighted by Gasteiger charge is 2.21. The van der Waals surface area contributed by atoms with Crippen molar-refractivity contribution in [3.05, 3.63) is 57.6 Å². The van der Waals surface area contributed by atoms with Crippen molar-refractivity contribution in [1.29, 1.82) is 0 Å². The Morgan fingerprint density at radius 1 is 1.38 bits per heavy atom. The fourth-order valence-electron chi connectivity index (χ4n) is 2.99. The summed E-state index contributed by atoms with van der Waals surface area (Å²) < 4.78 is 6.71. The molecular formula is C19H20BrNO3. The molecule has 1 amide bonds. The molecule has 2 aromatic rings. The van der Waals surface area contributed by atoms with E-state index in [1.54, 1.807) is 0 Å². The van der Waals surface area contributed by atoms with Gasteiger partial charge in [-0.3, -0.25) is 4.79 Å². The van der Waals surface area contributed by atoms with E-state index < -0.39 is 6.10 Å². The summed E-state index contributed by atoms with van der Waals surface area (Å²) in [5.74, 6) is 0.485. The number of nitrogens with one attached hydrogen (secondary N) is 1. The molecule has 0 saturated carbocycles. The van der Waals surface area contributed by atoms with E-state index in [1.807, 2.05) is 43.3 Å². The molecule has 5 heteroatoms. The van der Waals surface area contributed by atoms with E-state index in [1.165, 1.54) is 0 Å². The van der Waals surface area contributed by atoms with Crippen LogP contribution in [0, 0.1) is 6.92 Å². The van der Waals surface area contributed by atoms with Crippen LogP contribution >= 0.6 is 15.9 Å². The SMILES string of the molecule is Cc1cc(NC(=O)COc2cccc3c2CCCC3O)ccc1Br. The van der Waals surface area contributed by atoms with Gasteiger partial charge in [-0.05, 0) is 67.1 Å². The van der Waals surface area contributed by atoms with Gasteiger partial charge in [0.15, 0.2) is 6.61 Å². The monoisotopic (exact) mass is 389 g/mol. The molecule has 2 N–H and O–H groups in total. The van der Waals surface area contributed by atoms with Gasteiger partial charge in [0.1, 0.15) is 5.75 Å². The van der Waals surface area contributed by atoms with E-state index >= 15 is 0 Å². The minimum Gasteiger partial charge on any atom is -0.483 e. The van der Waals surface area contributed by atoms with Crippen molar-refractivity contribution in [2.75, 3.05) is 11.9 Å². The van der Waals surface area contributed by atoms with Gasteiger partial charge in [0.2, 0.25) is 0 Å². The van der Waals surface area contributed by atoms with Crippen LogP contribution < -0.4 is 10.1 Å². The van der Waals surface area contributed by atoms with Crippen molar-refractivity contribution in [2.45, 2.75) is 32.3 Å². The third kappa shape index (κ3) is 3.79. The first kappa shape index (κ1) is 17.0. The molecule has 1 unspecified atom stereocenters. The number of halogens is 1. The smallest absolute Gasteiger partial charge is 0.262 e. The van der Waals surface area contributed by atoms with Gasteiger partial charge in [0, 0.05) is 10.2 Å². The van der Waals surface area contributed by atoms with Crippen LogP contribution in [0.2, 0.25) is 0 Å². The van der Waals surface area contributed by atoms with Gasteiger partial charge in [0.25, 0.3) is 5.91 Å². The molecule has 0 aromatic heterocycles. The molecule has 1 aliphatic carbocycles. The maximum atomic E-state index is 12.1. The van der Waals surface area contributed by atoms with Gasteiger partial charge in [-0.15, -0.1) is 0 Å². The molecule has 0 bridgehead atoms. The molecule has 3 rings (SSSR count). The van der Waals surface area contributed by atoms with Crippen molar-refractivity contribution in [2.24, 2.45) is 0 Å². The molecule has 24 heavy (non-hydrogen) atoms. The number of hydrogen-bond acceptors (Lipinski definition) is 3. The number of aliphatic hydroxyl groups is 1. The van der Waals surface area contributed by atoms with E-state index in [2.05, 4.69) is 21.2 Å². The molecule has 4 nitrogen and oxygen atoms in total. The Morgan fingerprint density at radius 2 is 2.21 bits per heavy atom. The van der Waals surface area contributed by atoms with E-state index in [4.69, 9.17) is 4.74 Å². The Labute approximate surface area is 150 Å². The average Bonchev–Trinajstić information content (AvgIpc) is 2.57. The van der Waals surface area contributed by atoms with E-state index in [-0.39, 0.29) is 12.5 Å². The fraction of sp³-hybridized carbons (Fsp3) is 0.316. The standard InChI is InChI=1S/C19H20BrNO3/c1-12-10-13(8-9-16(12)20)21-19(23)11-24-18-7-3-4-14-15(18)5-2-6-17(14)22/h3-4,7-10,17,22H,2,5-6,11H2,1H3,(H,21,23). The van der Waals surface area contributed by atoms with Gasteiger partial charge in [0.05, 0.1) is 6.10 Å². The van der Waals surface area contributed by atoms with Gasteiger partial charge < -0.3 is 15.2 Å². The van der Waals surface area contributed by atoms with Crippen LogP contribution in [0.3, 0.4) is 0 Å². The summed E-state index contributed by atoms with van der Waals surface area (Å²) in [6, 6.07) is 11.3. The molecule has 0 radical (unpaired) electrons. The number of aryl methyl sites for hydroxylation is 1. The van der Waals surface area contributed by atoms with Crippen molar-refractivity contribution >= 4 is 27.5 Å². The summed E-state index contributed by atoms with van der Waals surface area (Å²) in [5, 5.41) is 12.9. The molecule has 0 heterocycles. The lowest BCUT2D eigenvalue weighted by atomic mass is 9.89. The summed E-state index contributed by atoms with van der Waals surface area (Å²) in [5.41, 5.74) is 3.74. The van der Waals surface area contributed by atoms with Crippen molar-refractivity contribution in [3.8, 4) is 5.75 Å². The maximum absolute atomic E-state index is 12.1. The Morgan fingerprint density at radius 3 is 3.00 bits per heavy atom. The number of benzene rings is 2. The first-order chi connectivity index (χ1) is 11.5. The zero-order valence-corrected chi connectivity index (χ0v) is 15.1. The molecule has 0 fully saturated rings. The number of amides is 1. The summed E-state index contributed by atoms with van der Waals surface area (Å²) in [6.07, 6.45) is 2.14. The van der Waals surface area contributed by atoms with E-state index in [9.17, 15) is 9.90 Å². The minimum absolute atomic E-state index is 0.0539. The predicted molar refractivity (Wildman–Crippen MR) is 97.3 cm³/mol. The summed E-state index contributed by atoms with van der Waals surface area (Å²) in [7, 11) is 0. The van der Waals surface area contributed by atoms with Crippen molar-refractivity contribution < 1.29 is 14.6 Å². The Hall–Kier alpha value is -1.85. The van der Waals surface area contributed by atoms with Gasteiger partial charge in [-0.1, -0.05) is 28.1 Å². The van der Waals surface area contributed by atoms with Crippen molar-refractivity contribution in [1.82, 2.24) is 0 Å².